The summed E-state index contributed by atoms with van der Waals surface area (Å²) in [5.74, 6) is 0.565. The second kappa shape index (κ2) is 10.9. The van der Waals surface area contributed by atoms with Crippen molar-refractivity contribution in [3.05, 3.63) is 76.1 Å². The number of hydrogen-bond donors (Lipinski definition) is 1. The van der Waals surface area contributed by atoms with Crippen LogP contribution in [0.25, 0.3) is 11.1 Å². The van der Waals surface area contributed by atoms with Crippen molar-refractivity contribution in [2.24, 2.45) is 0 Å². The van der Waals surface area contributed by atoms with Gasteiger partial charge in [-0.05, 0) is 78.8 Å². The molecule has 6 rings (SSSR count). The predicted molar refractivity (Wildman–Crippen MR) is 155 cm³/mol. The van der Waals surface area contributed by atoms with Gasteiger partial charge in [0.25, 0.3) is 0 Å². The molecule has 10 heteroatoms. The quantitative estimate of drug-likeness (QED) is 0.383. The van der Waals surface area contributed by atoms with Crippen LogP contribution in [0.4, 0.5) is 4.39 Å². The molecule has 3 aromatic carbocycles. The second-order valence-corrected chi connectivity index (χ2v) is 13.7. The van der Waals surface area contributed by atoms with Crippen molar-refractivity contribution in [2.45, 2.75) is 57.7 Å². The van der Waals surface area contributed by atoms with Crippen LogP contribution in [0.3, 0.4) is 0 Å². The van der Waals surface area contributed by atoms with Crippen molar-refractivity contribution < 1.29 is 36.9 Å². The van der Waals surface area contributed by atoms with Crippen LogP contribution in [-0.2, 0) is 21.2 Å². The first kappa shape index (κ1) is 28.5. The summed E-state index contributed by atoms with van der Waals surface area (Å²) in [5, 5.41) is 9.16. The minimum absolute atomic E-state index is 0.00534. The molecule has 3 aromatic rings. The number of carboxylic acids is 1. The average Bonchev–Trinajstić information content (AvgIpc) is 3.52. The van der Waals surface area contributed by atoms with Crippen LogP contribution >= 0.6 is 0 Å². The Morgan fingerprint density at radius 2 is 1.83 bits per heavy atom. The van der Waals surface area contributed by atoms with Gasteiger partial charge in [0.1, 0.15) is 35.3 Å². The van der Waals surface area contributed by atoms with Gasteiger partial charge in [-0.25, -0.2) is 17.1 Å². The molecular formula is C32H34FNO7S. The molecule has 1 aliphatic carbocycles. The molecule has 0 spiro atoms. The Kier molecular flexibility index (Phi) is 7.39. The first-order chi connectivity index (χ1) is 20.0. The van der Waals surface area contributed by atoms with Gasteiger partial charge in [-0.2, -0.15) is 0 Å². The summed E-state index contributed by atoms with van der Waals surface area (Å²) >= 11 is 0. The van der Waals surface area contributed by atoms with Crippen LogP contribution < -0.4 is 14.2 Å². The molecular weight excluding hydrogens is 561 g/mol. The predicted octanol–water partition coefficient (Wildman–Crippen LogP) is 5.54. The first-order valence-corrected chi connectivity index (χ1v) is 15.8. The Hall–Kier alpha value is -3.63. The van der Waals surface area contributed by atoms with Crippen molar-refractivity contribution in [3.63, 3.8) is 0 Å². The number of fused-ring (bicyclic) bond motifs is 2. The molecule has 42 heavy (non-hydrogen) atoms. The summed E-state index contributed by atoms with van der Waals surface area (Å²) in [5.41, 5.74) is 6.32. The van der Waals surface area contributed by atoms with Crippen LogP contribution in [0, 0.1) is 19.7 Å². The van der Waals surface area contributed by atoms with E-state index in [1.807, 2.05) is 38.1 Å². The summed E-state index contributed by atoms with van der Waals surface area (Å²) in [4.78, 5) is 11.2. The third kappa shape index (κ3) is 5.33. The Balaban J connectivity index is 1.24. The molecule has 2 aliphatic heterocycles. The topological polar surface area (TPSA) is 102 Å². The maximum absolute atomic E-state index is 15.3. The number of aryl methyl sites for hydroxylation is 2. The number of nitrogens with zero attached hydrogens (tertiary/aromatic N) is 1. The second-order valence-electron chi connectivity index (χ2n) is 11.5. The standard InChI is InChI=1S/C32H34FNO7S/c1-18-12-23(40-22-10-11-42(37,38)34(3)16-22)13-19(2)31(18)25-6-8-27(33)32-26(25)7-9-28(32)41-21-4-5-24-20(14-30(35)36)17-39-29(24)15-21/h4-6,8,12-13,15,20,22,28H,7,9-11,14,16-17H2,1-3H3,(H,35,36)/t20?,22?,28-/m1/s1. The highest BCUT2D eigenvalue weighted by Crippen LogP contribution is 2.45. The number of carboxylic acid groups (broad SMARTS) is 1. The number of carbonyl (C=O) groups is 1. The Morgan fingerprint density at radius 3 is 2.55 bits per heavy atom. The molecule has 3 aliphatic rings. The molecule has 3 atom stereocenters. The van der Waals surface area contributed by atoms with E-state index in [9.17, 15) is 13.2 Å². The van der Waals surface area contributed by atoms with E-state index in [-0.39, 0.29) is 30.0 Å². The Labute approximate surface area is 245 Å². The summed E-state index contributed by atoms with van der Waals surface area (Å²) in [6.07, 6.45) is 1.06. The number of halogens is 1. The van der Waals surface area contributed by atoms with E-state index in [2.05, 4.69) is 0 Å². The molecule has 0 bridgehead atoms. The number of ether oxygens (including phenoxy) is 3. The SMILES string of the molecule is Cc1cc(OC2CCS(=O)(=O)N(C)C2)cc(C)c1-c1ccc(F)c2c1CC[C@H]2Oc1ccc2c(c1)OCC2CC(=O)O. The van der Waals surface area contributed by atoms with Gasteiger partial charge >= 0.3 is 5.97 Å². The zero-order valence-electron chi connectivity index (χ0n) is 23.9. The summed E-state index contributed by atoms with van der Waals surface area (Å²) in [6.45, 7) is 4.65. The lowest BCUT2D eigenvalue weighted by atomic mass is 9.90. The van der Waals surface area contributed by atoms with Gasteiger partial charge < -0.3 is 19.3 Å². The van der Waals surface area contributed by atoms with Gasteiger partial charge in [-0.1, -0.05) is 12.1 Å². The maximum Gasteiger partial charge on any atom is 0.304 e. The van der Waals surface area contributed by atoms with Crippen LogP contribution in [-0.4, -0.2) is 55.9 Å². The van der Waals surface area contributed by atoms with E-state index in [4.69, 9.17) is 19.3 Å². The highest BCUT2D eigenvalue weighted by Gasteiger charge is 2.33. The monoisotopic (exact) mass is 595 g/mol. The normalized spacial score (nSPS) is 22.7. The van der Waals surface area contributed by atoms with Gasteiger partial charge in [0, 0.05) is 36.6 Å². The van der Waals surface area contributed by atoms with Gasteiger partial charge in [-0.15, -0.1) is 0 Å². The Bertz CT molecular complexity index is 1650. The summed E-state index contributed by atoms with van der Waals surface area (Å²) in [6, 6.07) is 12.7. The van der Waals surface area contributed by atoms with E-state index in [0.29, 0.717) is 55.2 Å². The highest BCUT2D eigenvalue weighted by atomic mass is 32.2. The molecule has 2 unspecified atom stereocenters. The molecule has 1 saturated heterocycles. The summed E-state index contributed by atoms with van der Waals surface area (Å²) < 4.78 is 59.0. The largest absolute Gasteiger partial charge is 0.492 e. The lowest BCUT2D eigenvalue weighted by Gasteiger charge is -2.30. The average molecular weight is 596 g/mol. The molecule has 0 aromatic heterocycles. The first-order valence-electron chi connectivity index (χ1n) is 14.2. The van der Waals surface area contributed by atoms with Crippen LogP contribution in [0.15, 0.2) is 42.5 Å². The van der Waals surface area contributed by atoms with E-state index in [1.54, 1.807) is 19.2 Å². The Morgan fingerprint density at radius 1 is 1.07 bits per heavy atom. The van der Waals surface area contributed by atoms with Gasteiger partial charge in [0.05, 0.1) is 25.3 Å². The van der Waals surface area contributed by atoms with Crippen molar-refractivity contribution in [2.75, 3.05) is 26.0 Å². The van der Waals surface area contributed by atoms with E-state index in [1.165, 1.54) is 10.4 Å². The zero-order chi connectivity index (χ0) is 29.8. The number of hydrogen-bond acceptors (Lipinski definition) is 6. The number of likely N-dealkylation sites (N-methyl/N-ethyl adjacent to an activating group) is 1. The van der Waals surface area contributed by atoms with Crippen LogP contribution in [0.5, 0.6) is 17.2 Å². The lowest BCUT2D eigenvalue weighted by Crippen LogP contribution is -2.44. The number of rotatable bonds is 7. The number of benzene rings is 3. The van der Waals surface area contributed by atoms with E-state index >= 15 is 4.39 Å². The number of sulfonamides is 1. The van der Waals surface area contributed by atoms with Crippen LogP contribution in [0.1, 0.15) is 59.1 Å². The van der Waals surface area contributed by atoms with Crippen molar-refractivity contribution in [3.8, 4) is 28.4 Å². The lowest BCUT2D eigenvalue weighted by molar-refractivity contribution is -0.137. The van der Waals surface area contributed by atoms with Crippen molar-refractivity contribution >= 4 is 16.0 Å². The molecule has 2 heterocycles. The molecule has 1 N–H and O–H groups in total. The van der Waals surface area contributed by atoms with Crippen LogP contribution in [0.2, 0.25) is 0 Å². The maximum atomic E-state index is 15.3. The zero-order valence-corrected chi connectivity index (χ0v) is 24.7. The molecule has 1 fully saturated rings. The van der Waals surface area contributed by atoms with E-state index < -0.39 is 22.1 Å². The van der Waals surface area contributed by atoms with E-state index in [0.717, 1.165) is 33.4 Å². The number of aliphatic carboxylic acids is 1. The van der Waals surface area contributed by atoms with Crippen molar-refractivity contribution in [1.82, 2.24) is 4.31 Å². The van der Waals surface area contributed by atoms with Gasteiger partial charge in [-0.3, -0.25) is 4.79 Å². The minimum atomic E-state index is -3.20. The molecule has 0 amide bonds. The molecule has 0 radical (unpaired) electrons. The molecule has 8 nitrogen and oxygen atoms in total. The fourth-order valence-corrected chi connectivity index (χ4v) is 7.80. The minimum Gasteiger partial charge on any atom is -0.492 e. The third-order valence-corrected chi connectivity index (χ3v) is 10.4. The smallest absolute Gasteiger partial charge is 0.304 e. The molecule has 222 valence electrons. The fraction of sp³-hybridized carbons (Fsp3) is 0.406. The van der Waals surface area contributed by atoms with Crippen molar-refractivity contribution in [1.29, 1.82) is 0 Å². The van der Waals surface area contributed by atoms with Gasteiger partial charge in [0.2, 0.25) is 10.0 Å². The molecule has 0 saturated carbocycles. The highest BCUT2D eigenvalue weighted by molar-refractivity contribution is 7.89. The third-order valence-electron chi connectivity index (χ3n) is 8.56. The summed E-state index contributed by atoms with van der Waals surface area (Å²) in [7, 11) is -1.63. The van der Waals surface area contributed by atoms with Gasteiger partial charge in [0.15, 0.2) is 0 Å². The fourth-order valence-electron chi connectivity index (χ4n) is 6.53.